The molecule has 0 saturated heterocycles. The van der Waals surface area contributed by atoms with Gasteiger partial charge in [0, 0.05) is 29.8 Å². The number of rotatable bonds is 11. The molecule has 1 amide bonds. The number of hydrogen-bond acceptors (Lipinski definition) is 6. The molecule has 0 unspecified atom stereocenters. The van der Waals surface area contributed by atoms with Gasteiger partial charge < -0.3 is 19.5 Å². The zero-order chi connectivity index (χ0) is 29.4. The molecule has 3 aromatic rings. The van der Waals surface area contributed by atoms with Crippen molar-refractivity contribution in [3.05, 3.63) is 78.4 Å². The van der Waals surface area contributed by atoms with Crippen molar-refractivity contribution >= 4 is 68.8 Å². The Hall–Kier alpha value is -2.20. The number of amides is 1. The summed E-state index contributed by atoms with van der Waals surface area (Å²) in [6.45, 7) is 1.52. The lowest BCUT2D eigenvalue weighted by Gasteiger charge is -2.19. The van der Waals surface area contributed by atoms with E-state index in [4.69, 9.17) is 14.2 Å². The zero-order valence-corrected chi connectivity index (χ0v) is 26.9. The highest BCUT2D eigenvalue weighted by Crippen LogP contribution is 2.38. The molecule has 214 valence electrons. The van der Waals surface area contributed by atoms with Crippen LogP contribution < -0.4 is 14.8 Å². The van der Waals surface area contributed by atoms with Crippen molar-refractivity contribution in [3.63, 3.8) is 0 Å². The first-order valence-corrected chi connectivity index (χ1v) is 14.9. The molecule has 0 heterocycles. The Labute approximate surface area is 262 Å². The van der Waals surface area contributed by atoms with Crippen molar-refractivity contribution < 1.29 is 37.0 Å². The smallest absolute Gasteiger partial charge is 0.471 e. The van der Waals surface area contributed by atoms with Crippen molar-refractivity contribution in [2.45, 2.75) is 41.8 Å². The van der Waals surface area contributed by atoms with Gasteiger partial charge in [0.15, 0.2) is 0 Å². The third-order valence-electron chi connectivity index (χ3n) is 5.66. The maximum Gasteiger partial charge on any atom is 0.471 e. The molecule has 0 bridgehead atoms. The third-order valence-corrected chi connectivity index (χ3v) is 9.22. The summed E-state index contributed by atoms with van der Waals surface area (Å²) in [5.41, 5.74) is 2.70. The van der Waals surface area contributed by atoms with Gasteiger partial charge in [0.1, 0.15) is 17.5 Å². The summed E-state index contributed by atoms with van der Waals surface area (Å²) in [6.07, 6.45) is -4.60. The first kappa shape index (κ1) is 32.3. The van der Waals surface area contributed by atoms with Gasteiger partial charge >= 0.3 is 18.1 Å². The van der Waals surface area contributed by atoms with Gasteiger partial charge in [-0.05, 0) is 111 Å². The number of halogens is 5. The summed E-state index contributed by atoms with van der Waals surface area (Å²) in [5, 5.41) is 1.76. The second kappa shape index (κ2) is 14.6. The molecule has 0 aliphatic rings. The fourth-order valence-corrected chi connectivity index (χ4v) is 7.22. The number of esters is 1. The van der Waals surface area contributed by atoms with Crippen LogP contribution in [0.15, 0.2) is 64.4 Å². The van der Waals surface area contributed by atoms with Crippen molar-refractivity contribution in [1.29, 1.82) is 0 Å². The lowest BCUT2D eigenvalue weighted by molar-refractivity contribution is -0.175. The van der Waals surface area contributed by atoms with E-state index in [1.165, 1.54) is 0 Å². The predicted molar refractivity (Wildman–Crippen MR) is 163 cm³/mol. The van der Waals surface area contributed by atoms with E-state index >= 15 is 0 Å². The standard InChI is InChI=1S/C28H26F3I2NO5S/c1-4-39-26(35)23(34-27(36)28(29,30)31)14-17-12-21(32)25(22(33)13-17)40-20-9-10-24(38-3)18(15-20)11-16-5-7-19(37-2)8-6-16/h5-10,12-13,15,23H,4,11,14H2,1-3H3,(H,34,36)/t23-/m0/s1. The highest BCUT2D eigenvalue weighted by molar-refractivity contribution is 14.1. The molecule has 3 aromatic carbocycles. The van der Waals surface area contributed by atoms with Crippen LogP contribution in [0.4, 0.5) is 13.2 Å². The summed E-state index contributed by atoms with van der Waals surface area (Å²) in [4.78, 5) is 25.8. The lowest BCUT2D eigenvalue weighted by atomic mass is 10.0. The predicted octanol–water partition coefficient (Wildman–Crippen LogP) is 6.81. The van der Waals surface area contributed by atoms with Gasteiger partial charge in [0.2, 0.25) is 0 Å². The average molecular weight is 799 g/mol. The number of carbonyl (C=O) groups is 2. The largest absolute Gasteiger partial charge is 0.497 e. The van der Waals surface area contributed by atoms with Gasteiger partial charge in [-0.15, -0.1) is 0 Å². The molecule has 40 heavy (non-hydrogen) atoms. The summed E-state index contributed by atoms with van der Waals surface area (Å²) < 4.78 is 55.9. The highest BCUT2D eigenvalue weighted by Gasteiger charge is 2.41. The molecule has 0 radical (unpaired) electrons. The molecule has 0 aliphatic carbocycles. The van der Waals surface area contributed by atoms with E-state index < -0.39 is 24.1 Å². The zero-order valence-electron chi connectivity index (χ0n) is 21.7. The van der Waals surface area contributed by atoms with Crippen LogP contribution >= 0.6 is 56.9 Å². The molecule has 0 saturated carbocycles. The summed E-state index contributed by atoms with van der Waals surface area (Å²) in [6, 6.07) is 15.9. The Bertz CT molecular complexity index is 1330. The number of carbonyl (C=O) groups excluding carboxylic acids is 2. The Kier molecular flexibility index (Phi) is 11.8. The number of ether oxygens (including phenoxy) is 3. The second-order valence-corrected chi connectivity index (χ2v) is 11.9. The van der Waals surface area contributed by atoms with Crippen LogP contribution in [-0.2, 0) is 27.2 Å². The average Bonchev–Trinajstić information content (AvgIpc) is 2.90. The van der Waals surface area contributed by atoms with E-state index in [0.29, 0.717) is 12.0 Å². The Morgan fingerprint density at radius 3 is 2.15 bits per heavy atom. The first-order chi connectivity index (χ1) is 18.9. The number of benzene rings is 3. The van der Waals surface area contributed by atoms with Gasteiger partial charge in [-0.2, -0.15) is 13.2 Å². The Morgan fingerprint density at radius 2 is 1.60 bits per heavy atom. The lowest BCUT2D eigenvalue weighted by Crippen LogP contribution is -2.48. The molecule has 0 fully saturated rings. The van der Waals surface area contributed by atoms with E-state index in [9.17, 15) is 22.8 Å². The quantitative estimate of drug-likeness (QED) is 0.170. The molecule has 0 aromatic heterocycles. The monoisotopic (exact) mass is 799 g/mol. The van der Waals surface area contributed by atoms with Gasteiger partial charge in [-0.25, -0.2) is 4.79 Å². The van der Waals surface area contributed by atoms with E-state index in [0.717, 1.165) is 39.6 Å². The number of methoxy groups -OCH3 is 2. The van der Waals surface area contributed by atoms with Crippen molar-refractivity contribution in [1.82, 2.24) is 5.32 Å². The molecule has 1 atom stereocenters. The van der Waals surface area contributed by atoms with Crippen LogP contribution in [-0.4, -0.2) is 44.9 Å². The molecule has 0 aliphatic heterocycles. The molecule has 3 rings (SSSR count). The number of alkyl halides is 3. The van der Waals surface area contributed by atoms with Crippen LogP contribution in [0.1, 0.15) is 23.6 Å². The van der Waals surface area contributed by atoms with Crippen LogP contribution in [0.3, 0.4) is 0 Å². The topological polar surface area (TPSA) is 73.9 Å². The van der Waals surface area contributed by atoms with Crippen LogP contribution in [0.5, 0.6) is 11.5 Å². The van der Waals surface area contributed by atoms with Crippen LogP contribution in [0, 0.1) is 7.14 Å². The fourth-order valence-electron chi connectivity index (χ4n) is 3.78. The van der Waals surface area contributed by atoms with Gasteiger partial charge in [-0.1, -0.05) is 23.9 Å². The van der Waals surface area contributed by atoms with E-state index in [1.54, 1.807) is 50.4 Å². The Morgan fingerprint density at radius 1 is 0.950 bits per heavy atom. The summed E-state index contributed by atoms with van der Waals surface area (Å²) >= 11 is 5.87. The van der Waals surface area contributed by atoms with Crippen molar-refractivity contribution in [2.24, 2.45) is 0 Å². The van der Waals surface area contributed by atoms with Crippen molar-refractivity contribution in [3.8, 4) is 11.5 Å². The summed E-state index contributed by atoms with van der Waals surface area (Å²) in [5.74, 6) is -1.56. The number of nitrogens with one attached hydrogen (secondary N) is 1. The van der Waals surface area contributed by atoms with E-state index in [1.807, 2.05) is 36.4 Å². The van der Waals surface area contributed by atoms with Crippen LogP contribution in [0.2, 0.25) is 0 Å². The molecular weight excluding hydrogens is 773 g/mol. The van der Waals surface area contributed by atoms with E-state index in [2.05, 4.69) is 51.2 Å². The fraction of sp³-hybridized carbons (Fsp3) is 0.286. The molecule has 6 nitrogen and oxygen atoms in total. The number of hydrogen-bond donors (Lipinski definition) is 1. The third kappa shape index (κ3) is 8.90. The maximum atomic E-state index is 12.8. The highest BCUT2D eigenvalue weighted by atomic mass is 127. The van der Waals surface area contributed by atoms with Crippen molar-refractivity contribution in [2.75, 3.05) is 20.8 Å². The first-order valence-electron chi connectivity index (χ1n) is 11.9. The molecule has 0 spiro atoms. The SMILES string of the molecule is CCOC(=O)[C@H](Cc1cc(I)c(Sc2ccc(OC)c(Cc3ccc(OC)cc3)c2)c(I)c1)NC(=O)C(F)(F)F. The van der Waals surface area contributed by atoms with Gasteiger partial charge in [0.25, 0.3) is 0 Å². The Balaban J connectivity index is 1.83. The van der Waals surface area contributed by atoms with Gasteiger partial charge in [0.05, 0.1) is 20.8 Å². The normalized spacial score (nSPS) is 12.0. The summed E-state index contributed by atoms with van der Waals surface area (Å²) in [7, 11) is 3.25. The molecular formula is C28H26F3I2NO5S. The minimum Gasteiger partial charge on any atom is -0.497 e. The minimum absolute atomic E-state index is 0.0236. The second-order valence-electron chi connectivity index (χ2n) is 8.47. The minimum atomic E-state index is -5.11. The molecule has 12 heteroatoms. The molecule has 1 N–H and O–H groups in total. The van der Waals surface area contributed by atoms with Gasteiger partial charge in [-0.3, -0.25) is 4.79 Å². The van der Waals surface area contributed by atoms with Crippen LogP contribution in [0.25, 0.3) is 0 Å². The maximum absolute atomic E-state index is 12.8. The van der Waals surface area contributed by atoms with E-state index in [-0.39, 0.29) is 13.0 Å².